The number of nitrogens with one attached hydrogen (secondary N) is 1. The van der Waals surface area contributed by atoms with Crippen LogP contribution in [0.1, 0.15) is 47.9 Å². The molecule has 0 bridgehead atoms. The van der Waals surface area contributed by atoms with Crippen molar-refractivity contribution in [1.29, 1.82) is 0 Å². The van der Waals surface area contributed by atoms with Crippen LogP contribution in [0.25, 0.3) is 5.52 Å². The van der Waals surface area contributed by atoms with Crippen molar-refractivity contribution in [3.8, 4) is 0 Å². The number of sulfonamides is 1. The third-order valence-electron chi connectivity index (χ3n) is 4.13. The predicted molar refractivity (Wildman–Crippen MR) is 81.1 cm³/mol. The molecule has 2 saturated carbocycles. The zero-order valence-corrected chi connectivity index (χ0v) is 12.8. The molecule has 2 aromatic rings. The normalized spacial score (nSPS) is 18.5. The van der Waals surface area contributed by atoms with Gasteiger partial charge in [-0.05, 0) is 43.7 Å². The standard InChI is InChI=1S/C15H17N3O3S/c19-15(17-22(20,21)9-10-4-5-10)13-12-3-1-2-8-18(12)14(16-13)11-6-7-11/h1-3,8,10-11H,4-7,9H2,(H,17,19). The molecular weight excluding hydrogens is 302 g/mol. The summed E-state index contributed by atoms with van der Waals surface area (Å²) in [5, 5.41) is 0. The van der Waals surface area contributed by atoms with Crippen LogP contribution in [0.3, 0.4) is 0 Å². The molecule has 2 heterocycles. The minimum absolute atomic E-state index is 0.0278. The minimum Gasteiger partial charge on any atom is -0.303 e. The van der Waals surface area contributed by atoms with Gasteiger partial charge in [-0.15, -0.1) is 0 Å². The summed E-state index contributed by atoms with van der Waals surface area (Å²) in [6, 6.07) is 5.50. The van der Waals surface area contributed by atoms with E-state index in [2.05, 4.69) is 9.71 Å². The Hall–Kier alpha value is -1.89. The Bertz CT molecular complexity index is 848. The smallest absolute Gasteiger partial charge is 0.285 e. The predicted octanol–water partition coefficient (Wildman–Crippen LogP) is 1.68. The Balaban J connectivity index is 1.66. The average Bonchev–Trinajstić information content (AvgIpc) is 3.38. The number of imidazole rings is 1. The highest BCUT2D eigenvalue weighted by Crippen LogP contribution is 2.40. The number of nitrogens with zero attached hydrogens (tertiary/aromatic N) is 2. The molecule has 22 heavy (non-hydrogen) atoms. The van der Waals surface area contributed by atoms with Crippen LogP contribution in [-0.4, -0.2) is 29.5 Å². The van der Waals surface area contributed by atoms with Crippen molar-refractivity contribution in [1.82, 2.24) is 14.1 Å². The van der Waals surface area contributed by atoms with E-state index in [1.807, 2.05) is 22.7 Å². The van der Waals surface area contributed by atoms with Gasteiger partial charge in [-0.25, -0.2) is 18.1 Å². The first-order valence-electron chi connectivity index (χ1n) is 7.55. The summed E-state index contributed by atoms with van der Waals surface area (Å²) in [7, 11) is -3.58. The number of carbonyl (C=O) groups excluding carboxylic acids is 1. The number of carbonyl (C=O) groups is 1. The van der Waals surface area contributed by atoms with Crippen molar-refractivity contribution in [3.05, 3.63) is 35.9 Å². The van der Waals surface area contributed by atoms with E-state index in [0.29, 0.717) is 11.4 Å². The molecule has 2 aliphatic carbocycles. The van der Waals surface area contributed by atoms with E-state index in [-0.39, 0.29) is 17.4 Å². The molecule has 0 spiro atoms. The first-order valence-corrected chi connectivity index (χ1v) is 9.20. The summed E-state index contributed by atoms with van der Waals surface area (Å²) in [6.07, 6.45) is 5.85. The van der Waals surface area contributed by atoms with Crippen LogP contribution in [0.15, 0.2) is 24.4 Å². The quantitative estimate of drug-likeness (QED) is 0.909. The van der Waals surface area contributed by atoms with Gasteiger partial charge in [0.2, 0.25) is 10.0 Å². The molecule has 0 aromatic carbocycles. The minimum atomic E-state index is -3.58. The van der Waals surface area contributed by atoms with Crippen molar-refractivity contribution in [2.45, 2.75) is 31.6 Å². The van der Waals surface area contributed by atoms with E-state index >= 15 is 0 Å². The van der Waals surface area contributed by atoms with Crippen LogP contribution in [-0.2, 0) is 10.0 Å². The van der Waals surface area contributed by atoms with Crippen molar-refractivity contribution < 1.29 is 13.2 Å². The Kier molecular flexibility index (Phi) is 3.00. The van der Waals surface area contributed by atoms with Gasteiger partial charge < -0.3 is 4.40 Å². The Morgan fingerprint density at radius 1 is 1.27 bits per heavy atom. The van der Waals surface area contributed by atoms with Crippen LogP contribution in [0, 0.1) is 5.92 Å². The molecule has 2 fully saturated rings. The number of rotatable bonds is 5. The number of amides is 1. The summed E-state index contributed by atoms with van der Waals surface area (Å²) in [5.41, 5.74) is 0.852. The van der Waals surface area contributed by atoms with Crippen LogP contribution >= 0.6 is 0 Å². The monoisotopic (exact) mass is 319 g/mol. The van der Waals surface area contributed by atoms with Gasteiger partial charge >= 0.3 is 0 Å². The second-order valence-electron chi connectivity index (χ2n) is 6.20. The fourth-order valence-electron chi connectivity index (χ4n) is 2.68. The van der Waals surface area contributed by atoms with Gasteiger partial charge in [0.05, 0.1) is 11.3 Å². The lowest BCUT2D eigenvalue weighted by atomic mass is 10.3. The van der Waals surface area contributed by atoms with Gasteiger partial charge in [0.25, 0.3) is 5.91 Å². The van der Waals surface area contributed by atoms with Crippen molar-refractivity contribution in [2.75, 3.05) is 5.75 Å². The number of aromatic nitrogens is 2. The molecule has 2 aliphatic rings. The third kappa shape index (κ3) is 2.61. The molecule has 0 aliphatic heterocycles. The van der Waals surface area contributed by atoms with Crippen molar-refractivity contribution in [3.63, 3.8) is 0 Å². The highest BCUT2D eigenvalue weighted by Gasteiger charge is 2.32. The van der Waals surface area contributed by atoms with Crippen LogP contribution in [0.4, 0.5) is 0 Å². The summed E-state index contributed by atoms with van der Waals surface area (Å²) >= 11 is 0. The SMILES string of the molecule is O=C(NS(=O)(=O)CC1CC1)c1nc(C2CC2)n2ccccc12. The van der Waals surface area contributed by atoms with Gasteiger partial charge in [0, 0.05) is 12.1 Å². The fourth-order valence-corrected chi connectivity index (χ4v) is 4.10. The first kappa shape index (κ1) is 13.8. The van der Waals surface area contributed by atoms with Crippen molar-refractivity contribution >= 4 is 21.4 Å². The van der Waals surface area contributed by atoms with E-state index < -0.39 is 15.9 Å². The number of hydrogen-bond donors (Lipinski definition) is 1. The van der Waals surface area contributed by atoms with Gasteiger partial charge in [-0.3, -0.25) is 4.79 Å². The molecule has 0 atom stereocenters. The van der Waals surface area contributed by atoms with E-state index in [4.69, 9.17) is 0 Å². The molecule has 116 valence electrons. The van der Waals surface area contributed by atoms with Gasteiger partial charge in [0.15, 0.2) is 5.69 Å². The molecule has 1 amide bonds. The number of pyridine rings is 1. The molecule has 4 rings (SSSR count). The molecule has 7 heteroatoms. The van der Waals surface area contributed by atoms with Gasteiger partial charge in [-0.1, -0.05) is 6.07 Å². The van der Waals surface area contributed by atoms with Gasteiger partial charge in [-0.2, -0.15) is 0 Å². The molecule has 1 N–H and O–H groups in total. The van der Waals surface area contributed by atoms with E-state index in [9.17, 15) is 13.2 Å². The van der Waals surface area contributed by atoms with E-state index in [1.165, 1.54) is 0 Å². The fraction of sp³-hybridized carbons (Fsp3) is 0.467. The number of fused-ring (bicyclic) bond motifs is 1. The summed E-state index contributed by atoms with van der Waals surface area (Å²) in [4.78, 5) is 16.8. The van der Waals surface area contributed by atoms with Crippen molar-refractivity contribution in [2.24, 2.45) is 5.92 Å². The second kappa shape index (κ2) is 4.81. The Morgan fingerprint density at radius 2 is 2.05 bits per heavy atom. The lowest BCUT2D eigenvalue weighted by Crippen LogP contribution is -2.33. The maximum absolute atomic E-state index is 12.4. The maximum atomic E-state index is 12.4. The van der Waals surface area contributed by atoms with E-state index in [0.717, 1.165) is 31.5 Å². The largest absolute Gasteiger partial charge is 0.303 e. The Labute approximate surface area is 128 Å². The Morgan fingerprint density at radius 3 is 2.73 bits per heavy atom. The molecule has 0 radical (unpaired) electrons. The zero-order chi connectivity index (χ0) is 15.3. The number of hydrogen-bond acceptors (Lipinski definition) is 4. The molecule has 0 unspecified atom stereocenters. The first-order chi connectivity index (χ1) is 10.5. The summed E-state index contributed by atoms with van der Waals surface area (Å²) in [5.74, 6) is 0.821. The highest BCUT2D eigenvalue weighted by molar-refractivity contribution is 7.90. The zero-order valence-electron chi connectivity index (χ0n) is 12.0. The van der Waals surface area contributed by atoms with Crippen LogP contribution in [0.2, 0.25) is 0 Å². The van der Waals surface area contributed by atoms with Crippen LogP contribution in [0.5, 0.6) is 0 Å². The molecule has 2 aromatic heterocycles. The second-order valence-corrected chi connectivity index (χ2v) is 7.97. The lowest BCUT2D eigenvalue weighted by molar-refractivity contribution is 0.0978. The van der Waals surface area contributed by atoms with E-state index in [1.54, 1.807) is 6.07 Å². The highest BCUT2D eigenvalue weighted by atomic mass is 32.2. The summed E-state index contributed by atoms with van der Waals surface area (Å²) in [6.45, 7) is 0. The third-order valence-corrected chi connectivity index (χ3v) is 5.54. The summed E-state index contributed by atoms with van der Waals surface area (Å²) < 4.78 is 28.0. The molecule has 0 saturated heterocycles. The maximum Gasteiger partial charge on any atom is 0.285 e. The molecular formula is C15H17N3O3S. The van der Waals surface area contributed by atoms with Crippen LogP contribution < -0.4 is 4.72 Å². The lowest BCUT2D eigenvalue weighted by Gasteiger charge is -2.04. The topological polar surface area (TPSA) is 80.5 Å². The average molecular weight is 319 g/mol. The van der Waals surface area contributed by atoms with Gasteiger partial charge in [0.1, 0.15) is 5.82 Å². The molecule has 6 nitrogen and oxygen atoms in total.